The molecule has 5 nitrogen and oxygen atoms in total. The largest absolute Gasteiger partial charge is 0.395 e. The lowest BCUT2D eigenvalue weighted by Crippen LogP contribution is -2.42. The van der Waals surface area contributed by atoms with Crippen LogP contribution in [0, 0.1) is 0 Å². The highest BCUT2D eigenvalue weighted by molar-refractivity contribution is 5.78. The smallest absolute Gasteiger partial charge is 0.234 e. The zero-order valence-corrected chi connectivity index (χ0v) is 11.7. The van der Waals surface area contributed by atoms with Gasteiger partial charge < -0.3 is 10.4 Å². The minimum Gasteiger partial charge on any atom is -0.395 e. The van der Waals surface area contributed by atoms with Crippen LogP contribution >= 0.6 is 0 Å². The third-order valence-electron chi connectivity index (χ3n) is 3.48. The summed E-state index contributed by atoms with van der Waals surface area (Å²) in [7, 11) is 0. The number of aliphatic hydroxyl groups is 1. The summed E-state index contributed by atoms with van der Waals surface area (Å²) in [6.45, 7) is 9.40. The van der Waals surface area contributed by atoms with Gasteiger partial charge in [-0.25, -0.2) is 0 Å². The Kier molecular flexibility index (Phi) is 7.23. The zero-order valence-electron chi connectivity index (χ0n) is 11.7. The molecular weight excluding hydrogens is 230 g/mol. The van der Waals surface area contributed by atoms with Gasteiger partial charge in [-0.1, -0.05) is 6.92 Å². The van der Waals surface area contributed by atoms with Gasteiger partial charge in [-0.15, -0.1) is 0 Å². The summed E-state index contributed by atoms with van der Waals surface area (Å²) in [6, 6.07) is 0.260. The molecule has 1 fully saturated rings. The molecule has 0 saturated carbocycles. The Hall–Kier alpha value is -0.650. The number of rotatable bonds is 6. The van der Waals surface area contributed by atoms with Crippen LogP contribution in [0.4, 0.5) is 0 Å². The van der Waals surface area contributed by atoms with Gasteiger partial charge in [0, 0.05) is 25.7 Å². The van der Waals surface area contributed by atoms with E-state index in [9.17, 15) is 4.79 Å². The molecule has 1 atom stereocenters. The lowest BCUT2D eigenvalue weighted by Gasteiger charge is -2.21. The molecule has 1 heterocycles. The number of β-amino-alcohol motifs (C(OH)–C–C–N with tert-alkyl or cyclic N) is 1. The normalized spacial score (nSPS) is 20.4. The molecule has 0 aromatic carbocycles. The summed E-state index contributed by atoms with van der Waals surface area (Å²) in [4.78, 5) is 16.3. The van der Waals surface area contributed by atoms with E-state index in [1.165, 1.54) is 0 Å². The van der Waals surface area contributed by atoms with E-state index in [0.717, 1.165) is 45.6 Å². The molecule has 2 N–H and O–H groups in total. The summed E-state index contributed by atoms with van der Waals surface area (Å²) in [6.07, 6.45) is 2.03. The quantitative estimate of drug-likeness (QED) is 0.698. The van der Waals surface area contributed by atoms with Crippen LogP contribution in [0.1, 0.15) is 26.7 Å². The monoisotopic (exact) mass is 257 g/mol. The van der Waals surface area contributed by atoms with Gasteiger partial charge in [-0.05, 0) is 32.9 Å². The summed E-state index contributed by atoms with van der Waals surface area (Å²) in [5.74, 6) is 0.125. The van der Waals surface area contributed by atoms with Crippen LogP contribution in [0.3, 0.4) is 0 Å². The van der Waals surface area contributed by atoms with E-state index in [4.69, 9.17) is 5.11 Å². The minimum absolute atomic E-state index is 0.125. The van der Waals surface area contributed by atoms with Gasteiger partial charge in [0.15, 0.2) is 0 Å². The maximum Gasteiger partial charge on any atom is 0.234 e. The van der Waals surface area contributed by atoms with Crippen molar-refractivity contribution in [3.05, 3.63) is 0 Å². The first-order chi connectivity index (χ1) is 8.65. The molecule has 0 aromatic rings. The van der Waals surface area contributed by atoms with Gasteiger partial charge >= 0.3 is 0 Å². The van der Waals surface area contributed by atoms with Crippen LogP contribution < -0.4 is 5.32 Å². The Morgan fingerprint density at radius 3 is 2.61 bits per heavy atom. The highest BCUT2D eigenvalue weighted by Crippen LogP contribution is 2.02. The summed E-state index contributed by atoms with van der Waals surface area (Å²) in [5.41, 5.74) is 0. The predicted molar refractivity (Wildman–Crippen MR) is 72.5 cm³/mol. The number of carbonyl (C=O) groups is 1. The van der Waals surface area contributed by atoms with Crippen molar-refractivity contribution in [3.63, 3.8) is 0 Å². The molecule has 1 saturated heterocycles. The second-order valence-corrected chi connectivity index (χ2v) is 5.07. The molecular formula is C13H27N3O2. The Morgan fingerprint density at radius 1 is 1.28 bits per heavy atom. The van der Waals surface area contributed by atoms with Gasteiger partial charge in [-0.3, -0.25) is 14.6 Å². The van der Waals surface area contributed by atoms with Crippen LogP contribution in [-0.2, 0) is 4.79 Å². The van der Waals surface area contributed by atoms with Gasteiger partial charge in [0.1, 0.15) is 0 Å². The fourth-order valence-electron chi connectivity index (χ4n) is 2.17. The van der Waals surface area contributed by atoms with E-state index in [1.54, 1.807) is 0 Å². The average molecular weight is 257 g/mol. The van der Waals surface area contributed by atoms with E-state index in [0.29, 0.717) is 6.54 Å². The van der Waals surface area contributed by atoms with Crippen molar-refractivity contribution in [3.8, 4) is 0 Å². The number of aliphatic hydroxyl groups excluding tert-OH is 1. The SMILES string of the molecule is CCC(C)NC(=O)CN1CCCN(CCO)CC1. The molecule has 18 heavy (non-hydrogen) atoms. The molecule has 0 aromatic heterocycles. The number of hydrogen-bond donors (Lipinski definition) is 2. The Bertz CT molecular complexity index is 248. The fourth-order valence-corrected chi connectivity index (χ4v) is 2.17. The number of nitrogens with one attached hydrogen (secondary N) is 1. The van der Waals surface area contributed by atoms with Crippen LogP contribution in [0.15, 0.2) is 0 Å². The minimum atomic E-state index is 0.125. The molecule has 1 unspecified atom stereocenters. The lowest BCUT2D eigenvalue weighted by atomic mass is 10.2. The van der Waals surface area contributed by atoms with Gasteiger partial charge in [0.2, 0.25) is 5.91 Å². The Labute approximate surface area is 110 Å². The fraction of sp³-hybridized carbons (Fsp3) is 0.923. The molecule has 1 aliphatic heterocycles. The van der Waals surface area contributed by atoms with E-state index in [-0.39, 0.29) is 18.6 Å². The first kappa shape index (κ1) is 15.4. The highest BCUT2D eigenvalue weighted by atomic mass is 16.3. The standard InChI is InChI=1S/C13H27N3O2/c1-3-12(2)14-13(18)11-16-6-4-5-15(7-8-16)9-10-17/h12,17H,3-11H2,1-2H3,(H,14,18). The molecule has 106 valence electrons. The molecule has 0 spiro atoms. The van der Waals surface area contributed by atoms with Crippen molar-refractivity contribution in [2.75, 3.05) is 45.9 Å². The maximum absolute atomic E-state index is 11.8. The van der Waals surface area contributed by atoms with E-state index in [1.807, 2.05) is 6.92 Å². The van der Waals surface area contributed by atoms with Crippen LogP contribution in [0.2, 0.25) is 0 Å². The molecule has 0 radical (unpaired) electrons. The van der Waals surface area contributed by atoms with Gasteiger partial charge in [-0.2, -0.15) is 0 Å². The van der Waals surface area contributed by atoms with Crippen molar-refractivity contribution in [1.82, 2.24) is 15.1 Å². The number of hydrogen-bond acceptors (Lipinski definition) is 4. The maximum atomic E-state index is 11.8. The molecule has 0 bridgehead atoms. The van der Waals surface area contributed by atoms with E-state index in [2.05, 4.69) is 22.0 Å². The molecule has 1 rings (SSSR count). The summed E-state index contributed by atoms with van der Waals surface area (Å²) in [5, 5.41) is 11.9. The van der Waals surface area contributed by atoms with Crippen molar-refractivity contribution in [1.29, 1.82) is 0 Å². The van der Waals surface area contributed by atoms with E-state index >= 15 is 0 Å². The van der Waals surface area contributed by atoms with Crippen LogP contribution in [-0.4, -0.2) is 72.7 Å². The van der Waals surface area contributed by atoms with Crippen LogP contribution in [0.25, 0.3) is 0 Å². The lowest BCUT2D eigenvalue weighted by molar-refractivity contribution is -0.122. The Morgan fingerprint density at radius 2 is 1.94 bits per heavy atom. The summed E-state index contributed by atoms with van der Waals surface area (Å²) < 4.78 is 0. The van der Waals surface area contributed by atoms with Gasteiger partial charge in [0.25, 0.3) is 0 Å². The second-order valence-electron chi connectivity index (χ2n) is 5.07. The van der Waals surface area contributed by atoms with Crippen molar-refractivity contribution >= 4 is 5.91 Å². The van der Waals surface area contributed by atoms with Crippen molar-refractivity contribution in [2.24, 2.45) is 0 Å². The highest BCUT2D eigenvalue weighted by Gasteiger charge is 2.17. The average Bonchev–Trinajstić information content (AvgIpc) is 2.55. The van der Waals surface area contributed by atoms with Crippen molar-refractivity contribution in [2.45, 2.75) is 32.7 Å². The zero-order chi connectivity index (χ0) is 13.4. The third kappa shape index (κ3) is 5.80. The molecule has 1 amide bonds. The molecule has 0 aliphatic carbocycles. The number of carbonyl (C=O) groups excluding carboxylic acids is 1. The second kappa shape index (κ2) is 8.45. The predicted octanol–water partition coefficient (Wildman–Crippen LogP) is -0.0989. The summed E-state index contributed by atoms with van der Waals surface area (Å²) >= 11 is 0. The first-order valence-electron chi connectivity index (χ1n) is 7.00. The first-order valence-corrected chi connectivity index (χ1v) is 7.00. The number of nitrogens with zero attached hydrogens (tertiary/aromatic N) is 2. The molecule has 1 aliphatic rings. The van der Waals surface area contributed by atoms with E-state index < -0.39 is 0 Å². The molecule has 5 heteroatoms. The topological polar surface area (TPSA) is 55.8 Å². The van der Waals surface area contributed by atoms with Crippen molar-refractivity contribution < 1.29 is 9.90 Å². The van der Waals surface area contributed by atoms with Crippen LogP contribution in [0.5, 0.6) is 0 Å². The third-order valence-corrected chi connectivity index (χ3v) is 3.48. The number of amides is 1. The van der Waals surface area contributed by atoms with Gasteiger partial charge in [0.05, 0.1) is 13.2 Å². The Balaban J connectivity index is 2.28.